The quantitative estimate of drug-likeness (QED) is 0.709. The zero-order valence-electron chi connectivity index (χ0n) is 9.42. The fourth-order valence-corrected chi connectivity index (χ4v) is 3.36. The molecule has 0 aromatic heterocycles. The van der Waals surface area contributed by atoms with Gasteiger partial charge in [-0.1, -0.05) is 29.3 Å². The van der Waals surface area contributed by atoms with Gasteiger partial charge in [-0.15, -0.1) is 0 Å². The van der Waals surface area contributed by atoms with E-state index in [1.54, 1.807) is 0 Å². The predicted octanol–water partition coefficient (Wildman–Crippen LogP) is 2.95. The topological polar surface area (TPSA) is 20.3 Å². The molecule has 1 atom stereocenters. The first kappa shape index (κ1) is 11.4. The van der Waals surface area contributed by atoms with Gasteiger partial charge in [-0.3, -0.25) is 4.79 Å². The lowest BCUT2D eigenvalue weighted by atomic mass is 9.84. The van der Waals surface area contributed by atoms with Gasteiger partial charge in [-0.05, 0) is 38.0 Å². The summed E-state index contributed by atoms with van der Waals surface area (Å²) in [6.07, 6.45) is 7.39. The summed E-state index contributed by atoms with van der Waals surface area (Å²) in [6.45, 7) is 3.25. The minimum Gasteiger partial charge on any atom is -0.339 e. The maximum atomic E-state index is 11.8. The molecule has 0 aromatic rings. The number of amides is 1. The summed E-state index contributed by atoms with van der Waals surface area (Å²) in [5, 5.41) is 0. The predicted molar refractivity (Wildman–Crippen MR) is 65.1 cm³/mol. The van der Waals surface area contributed by atoms with Crippen LogP contribution in [0, 0.1) is 5.92 Å². The first-order valence-corrected chi connectivity index (χ1v) is 7.08. The van der Waals surface area contributed by atoms with E-state index in [-0.39, 0.29) is 4.83 Å². The van der Waals surface area contributed by atoms with Crippen LogP contribution >= 0.6 is 15.9 Å². The summed E-state index contributed by atoms with van der Waals surface area (Å²) in [6, 6.07) is 0.544. The third-order valence-electron chi connectivity index (χ3n) is 4.01. The van der Waals surface area contributed by atoms with Gasteiger partial charge in [-0.25, -0.2) is 0 Å². The van der Waals surface area contributed by atoms with Crippen LogP contribution in [0.5, 0.6) is 0 Å². The first-order valence-electron chi connectivity index (χ1n) is 6.17. The van der Waals surface area contributed by atoms with E-state index >= 15 is 0 Å². The van der Waals surface area contributed by atoms with E-state index in [0.717, 1.165) is 18.9 Å². The van der Waals surface area contributed by atoms with Crippen LogP contribution in [0.2, 0.25) is 0 Å². The van der Waals surface area contributed by atoms with Crippen LogP contribution in [0.15, 0.2) is 0 Å². The Labute approximate surface area is 101 Å². The van der Waals surface area contributed by atoms with Crippen molar-refractivity contribution in [1.29, 1.82) is 0 Å². The van der Waals surface area contributed by atoms with E-state index in [9.17, 15) is 4.79 Å². The Hall–Kier alpha value is -0.0500. The zero-order valence-corrected chi connectivity index (χ0v) is 11.0. The van der Waals surface area contributed by atoms with Crippen molar-refractivity contribution in [3.8, 4) is 0 Å². The number of nitrogens with zero attached hydrogens (tertiary/aromatic N) is 1. The maximum Gasteiger partial charge on any atom is 0.236 e. The van der Waals surface area contributed by atoms with Gasteiger partial charge in [-0.2, -0.15) is 0 Å². The van der Waals surface area contributed by atoms with Gasteiger partial charge in [0.2, 0.25) is 5.91 Å². The van der Waals surface area contributed by atoms with E-state index in [1.165, 1.54) is 32.1 Å². The van der Waals surface area contributed by atoms with Gasteiger partial charge in [0.05, 0.1) is 4.83 Å². The molecule has 2 nitrogen and oxygen atoms in total. The number of likely N-dealkylation sites (tertiary alicyclic amines) is 1. The minimum absolute atomic E-state index is 0.0985. The molecule has 15 heavy (non-hydrogen) atoms. The number of halogens is 1. The van der Waals surface area contributed by atoms with Crippen LogP contribution in [0.4, 0.5) is 0 Å². The molecule has 86 valence electrons. The molecular formula is C12H20BrNO. The molecule has 1 aliphatic heterocycles. The molecule has 3 heteroatoms. The summed E-state index contributed by atoms with van der Waals surface area (Å²) in [5.41, 5.74) is 0. The average molecular weight is 274 g/mol. The highest BCUT2D eigenvalue weighted by molar-refractivity contribution is 9.10. The van der Waals surface area contributed by atoms with Gasteiger partial charge >= 0.3 is 0 Å². The third kappa shape index (κ3) is 2.38. The smallest absolute Gasteiger partial charge is 0.236 e. The summed E-state index contributed by atoms with van der Waals surface area (Å²) >= 11 is 3.44. The van der Waals surface area contributed by atoms with E-state index in [0.29, 0.717) is 11.9 Å². The molecule has 1 amide bonds. The molecule has 1 unspecified atom stereocenters. The summed E-state index contributed by atoms with van der Waals surface area (Å²) in [5.74, 6) is 1.24. The molecule has 2 aliphatic rings. The molecule has 2 rings (SSSR count). The lowest BCUT2D eigenvalue weighted by molar-refractivity contribution is -0.129. The van der Waals surface area contributed by atoms with Crippen molar-refractivity contribution < 1.29 is 4.79 Å². The van der Waals surface area contributed by atoms with Crippen LogP contribution in [0.1, 0.15) is 45.4 Å². The van der Waals surface area contributed by atoms with Crippen LogP contribution in [-0.4, -0.2) is 28.2 Å². The fraction of sp³-hybridized carbons (Fsp3) is 0.917. The number of hydrogen-bond donors (Lipinski definition) is 0. The molecule has 0 spiro atoms. The Bertz CT molecular complexity index is 236. The van der Waals surface area contributed by atoms with E-state index in [4.69, 9.17) is 0 Å². The number of carbonyl (C=O) groups is 1. The molecule has 1 aliphatic carbocycles. The lowest BCUT2D eigenvalue weighted by Crippen LogP contribution is -2.40. The van der Waals surface area contributed by atoms with Crippen LogP contribution in [0.25, 0.3) is 0 Å². The molecule has 0 N–H and O–H groups in total. The van der Waals surface area contributed by atoms with Crippen molar-refractivity contribution in [2.45, 2.75) is 56.3 Å². The minimum atomic E-state index is 0.0985. The van der Waals surface area contributed by atoms with Gasteiger partial charge in [0, 0.05) is 12.6 Å². The van der Waals surface area contributed by atoms with E-state index in [2.05, 4.69) is 27.8 Å². The van der Waals surface area contributed by atoms with E-state index < -0.39 is 0 Å². The molecule has 1 heterocycles. The molecule has 1 saturated carbocycles. The van der Waals surface area contributed by atoms with Gasteiger partial charge in [0.25, 0.3) is 0 Å². The largest absolute Gasteiger partial charge is 0.339 e. The first-order chi connectivity index (χ1) is 7.22. The zero-order chi connectivity index (χ0) is 10.8. The SMILES string of the molecule is CCC1CCC(N2CCC(Br)C2=O)CC1. The lowest BCUT2D eigenvalue weighted by Gasteiger charge is -2.34. The second-order valence-electron chi connectivity index (χ2n) is 4.87. The Balaban J connectivity index is 1.88. The highest BCUT2D eigenvalue weighted by Crippen LogP contribution is 2.32. The number of rotatable bonds is 2. The number of carbonyl (C=O) groups excluding carboxylic acids is 1. The Morgan fingerprint density at radius 3 is 2.40 bits per heavy atom. The maximum absolute atomic E-state index is 11.8. The molecule has 0 aromatic carbocycles. The standard InChI is InChI=1S/C12H20BrNO/c1-2-9-3-5-10(6-4-9)14-8-7-11(13)12(14)15/h9-11H,2-8H2,1H3. The Kier molecular flexibility index (Phi) is 3.70. The van der Waals surface area contributed by atoms with Crippen molar-refractivity contribution in [2.24, 2.45) is 5.92 Å². The van der Waals surface area contributed by atoms with Crippen molar-refractivity contribution in [3.05, 3.63) is 0 Å². The highest BCUT2D eigenvalue weighted by atomic mass is 79.9. The third-order valence-corrected chi connectivity index (χ3v) is 4.86. The van der Waals surface area contributed by atoms with Crippen LogP contribution in [-0.2, 0) is 4.79 Å². The normalized spacial score (nSPS) is 37.3. The van der Waals surface area contributed by atoms with Crippen molar-refractivity contribution in [2.75, 3.05) is 6.54 Å². The van der Waals surface area contributed by atoms with Gasteiger partial charge in [0.15, 0.2) is 0 Å². The van der Waals surface area contributed by atoms with E-state index in [1.807, 2.05) is 0 Å². The average Bonchev–Trinajstić information content (AvgIpc) is 2.60. The van der Waals surface area contributed by atoms with Crippen molar-refractivity contribution in [1.82, 2.24) is 4.90 Å². The second kappa shape index (κ2) is 4.86. The second-order valence-corrected chi connectivity index (χ2v) is 5.98. The molecule has 2 fully saturated rings. The summed E-state index contributed by atoms with van der Waals surface area (Å²) < 4.78 is 0. The van der Waals surface area contributed by atoms with Crippen molar-refractivity contribution >= 4 is 21.8 Å². The monoisotopic (exact) mass is 273 g/mol. The number of alkyl halides is 1. The van der Waals surface area contributed by atoms with Gasteiger partial charge < -0.3 is 4.90 Å². The van der Waals surface area contributed by atoms with Gasteiger partial charge in [0.1, 0.15) is 0 Å². The number of hydrogen-bond acceptors (Lipinski definition) is 1. The molecule has 0 bridgehead atoms. The van der Waals surface area contributed by atoms with Crippen LogP contribution in [0.3, 0.4) is 0 Å². The Morgan fingerprint density at radius 2 is 1.93 bits per heavy atom. The summed E-state index contributed by atoms with van der Waals surface area (Å²) in [4.78, 5) is 14.0. The molecular weight excluding hydrogens is 254 g/mol. The highest BCUT2D eigenvalue weighted by Gasteiger charge is 2.35. The molecule has 1 saturated heterocycles. The van der Waals surface area contributed by atoms with Crippen LogP contribution < -0.4 is 0 Å². The Morgan fingerprint density at radius 1 is 1.27 bits per heavy atom. The van der Waals surface area contributed by atoms with Crippen molar-refractivity contribution in [3.63, 3.8) is 0 Å². The summed E-state index contributed by atoms with van der Waals surface area (Å²) in [7, 11) is 0. The molecule has 0 radical (unpaired) electrons. The fourth-order valence-electron chi connectivity index (χ4n) is 2.89.